The number of benzene rings is 2. The number of urea groups is 1. The molecule has 0 radical (unpaired) electrons. The molecule has 0 aromatic heterocycles. The summed E-state index contributed by atoms with van der Waals surface area (Å²) in [5.41, 5.74) is 2.66. The molecule has 190 valence electrons. The van der Waals surface area contributed by atoms with Gasteiger partial charge in [-0.15, -0.1) is 0 Å². The monoisotopic (exact) mass is 492 g/mol. The number of halogens is 3. The van der Waals surface area contributed by atoms with Gasteiger partial charge in [0.25, 0.3) is 0 Å². The Morgan fingerprint density at radius 2 is 1.69 bits per heavy atom. The maximum atomic E-state index is 12.7. The molecule has 1 fully saturated rings. The topological polar surface area (TPSA) is 73.9 Å². The Labute approximate surface area is 203 Å². The molecule has 10 heteroatoms. The summed E-state index contributed by atoms with van der Waals surface area (Å²) in [7, 11) is 0. The Kier molecular flexibility index (Phi) is 8.97. The number of anilines is 1. The second-order valence-electron chi connectivity index (χ2n) is 8.47. The minimum Gasteiger partial charge on any atom is -0.484 e. The number of carbonyl (C=O) groups excluding carboxylic acids is 2. The standard InChI is InChI=1S/C25H31F3N4O3/c1-3-19-6-4-5-7-22(19)30-23(33)16-31-12-14-32(15-13-31)24(34)29-18(2)20-8-10-21(11-9-20)35-17-25(26,27)28/h4-11,18H,3,12-17H2,1-2H3,(H,29,34)(H,30,33). The van der Waals surface area contributed by atoms with Gasteiger partial charge >= 0.3 is 12.2 Å². The molecule has 3 amide bonds. The highest BCUT2D eigenvalue weighted by molar-refractivity contribution is 5.93. The molecule has 1 aliphatic rings. The van der Waals surface area contributed by atoms with Crippen molar-refractivity contribution in [2.75, 3.05) is 44.6 Å². The van der Waals surface area contributed by atoms with Gasteiger partial charge in [0, 0.05) is 31.9 Å². The molecule has 2 aromatic rings. The van der Waals surface area contributed by atoms with Crippen molar-refractivity contribution in [1.29, 1.82) is 0 Å². The number of hydrogen-bond donors (Lipinski definition) is 2. The van der Waals surface area contributed by atoms with Gasteiger partial charge in [-0.2, -0.15) is 13.2 Å². The molecular formula is C25H31F3N4O3. The Bertz CT molecular complexity index is 990. The van der Waals surface area contributed by atoms with Crippen LogP contribution in [0.4, 0.5) is 23.7 Å². The van der Waals surface area contributed by atoms with Gasteiger partial charge in [0.1, 0.15) is 5.75 Å². The van der Waals surface area contributed by atoms with Gasteiger partial charge < -0.3 is 20.3 Å². The normalized spacial score (nSPS) is 15.4. The van der Waals surface area contributed by atoms with Gasteiger partial charge in [0.05, 0.1) is 12.6 Å². The summed E-state index contributed by atoms with van der Waals surface area (Å²) in [5, 5.41) is 5.88. The van der Waals surface area contributed by atoms with E-state index in [-0.39, 0.29) is 30.3 Å². The minimum atomic E-state index is -4.39. The van der Waals surface area contributed by atoms with Crippen LogP contribution in [0.3, 0.4) is 0 Å². The summed E-state index contributed by atoms with van der Waals surface area (Å²) >= 11 is 0. The molecule has 3 rings (SSSR count). The zero-order valence-corrected chi connectivity index (χ0v) is 19.9. The van der Waals surface area contributed by atoms with Crippen LogP contribution in [0.25, 0.3) is 0 Å². The van der Waals surface area contributed by atoms with E-state index in [0.717, 1.165) is 23.2 Å². The van der Waals surface area contributed by atoms with Gasteiger partial charge in [-0.1, -0.05) is 37.3 Å². The van der Waals surface area contributed by atoms with E-state index in [1.807, 2.05) is 36.1 Å². The number of alkyl halides is 3. The summed E-state index contributed by atoms with van der Waals surface area (Å²) in [4.78, 5) is 28.8. The van der Waals surface area contributed by atoms with Gasteiger partial charge in [-0.3, -0.25) is 9.69 Å². The third-order valence-electron chi connectivity index (χ3n) is 5.82. The average molecular weight is 493 g/mol. The van der Waals surface area contributed by atoms with E-state index in [4.69, 9.17) is 4.74 Å². The quantitative estimate of drug-likeness (QED) is 0.579. The molecular weight excluding hydrogens is 461 g/mol. The van der Waals surface area contributed by atoms with Crippen molar-refractivity contribution in [2.45, 2.75) is 32.5 Å². The number of ether oxygens (including phenoxy) is 1. The summed E-state index contributed by atoms with van der Waals surface area (Å²) < 4.78 is 41.5. The van der Waals surface area contributed by atoms with E-state index in [2.05, 4.69) is 10.6 Å². The first-order valence-corrected chi connectivity index (χ1v) is 11.6. The lowest BCUT2D eigenvalue weighted by atomic mass is 10.1. The Morgan fingerprint density at radius 3 is 2.31 bits per heavy atom. The van der Waals surface area contributed by atoms with Gasteiger partial charge in [-0.05, 0) is 42.7 Å². The number of carbonyl (C=O) groups is 2. The van der Waals surface area contributed by atoms with Crippen LogP contribution in [0.15, 0.2) is 48.5 Å². The smallest absolute Gasteiger partial charge is 0.422 e. The first kappa shape index (κ1) is 26.3. The third kappa shape index (κ3) is 8.17. The summed E-state index contributed by atoms with van der Waals surface area (Å²) in [6, 6.07) is 13.3. The predicted octanol–water partition coefficient (Wildman–Crippen LogP) is 4.22. The molecule has 1 heterocycles. The fourth-order valence-corrected chi connectivity index (χ4v) is 3.83. The van der Waals surface area contributed by atoms with E-state index in [0.29, 0.717) is 26.2 Å². The van der Waals surface area contributed by atoms with Crippen LogP contribution >= 0.6 is 0 Å². The molecule has 1 atom stereocenters. The summed E-state index contributed by atoms with van der Waals surface area (Å²) in [6.45, 7) is 4.89. The van der Waals surface area contributed by atoms with Gasteiger partial charge in [-0.25, -0.2) is 4.79 Å². The van der Waals surface area contributed by atoms with Crippen LogP contribution < -0.4 is 15.4 Å². The fourth-order valence-electron chi connectivity index (χ4n) is 3.83. The molecule has 0 aliphatic carbocycles. The molecule has 7 nitrogen and oxygen atoms in total. The van der Waals surface area contributed by atoms with Crippen molar-refractivity contribution >= 4 is 17.6 Å². The summed E-state index contributed by atoms with van der Waals surface area (Å²) in [5.74, 6) is 0.0306. The largest absolute Gasteiger partial charge is 0.484 e. The van der Waals surface area contributed by atoms with Crippen LogP contribution in [0.1, 0.15) is 31.0 Å². The predicted molar refractivity (Wildman–Crippen MR) is 127 cm³/mol. The highest BCUT2D eigenvalue weighted by Crippen LogP contribution is 2.21. The van der Waals surface area contributed by atoms with E-state index < -0.39 is 12.8 Å². The zero-order valence-electron chi connectivity index (χ0n) is 19.9. The van der Waals surface area contributed by atoms with Crippen molar-refractivity contribution in [3.05, 3.63) is 59.7 Å². The van der Waals surface area contributed by atoms with Crippen molar-refractivity contribution in [1.82, 2.24) is 15.1 Å². The lowest BCUT2D eigenvalue weighted by Crippen LogP contribution is -2.53. The molecule has 1 unspecified atom stereocenters. The summed E-state index contributed by atoms with van der Waals surface area (Å²) in [6.07, 6.45) is -3.56. The molecule has 2 N–H and O–H groups in total. The van der Waals surface area contributed by atoms with Crippen LogP contribution in [0.5, 0.6) is 5.75 Å². The number of amides is 3. The molecule has 1 saturated heterocycles. The van der Waals surface area contributed by atoms with E-state index in [1.165, 1.54) is 12.1 Å². The number of para-hydroxylation sites is 1. The van der Waals surface area contributed by atoms with Crippen LogP contribution in [0.2, 0.25) is 0 Å². The highest BCUT2D eigenvalue weighted by Gasteiger charge is 2.28. The van der Waals surface area contributed by atoms with E-state index in [1.54, 1.807) is 24.0 Å². The molecule has 1 aliphatic heterocycles. The third-order valence-corrected chi connectivity index (χ3v) is 5.82. The Balaban J connectivity index is 1.42. The molecule has 35 heavy (non-hydrogen) atoms. The van der Waals surface area contributed by atoms with Crippen LogP contribution in [-0.4, -0.2) is 67.2 Å². The number of rotatable bonds is 8. The van der Waals surface area contributed by atoms with Crippen molar-refractivity contribution in [2.24, 2.45) is 0 Å². The Morgan fingerprint density at radius 1 is 1.03 bits per heavy atom. The van der Waals surface area contributed by atoms with Crippen molar-refractivity contribution < 1.29 is 27.5 Å². The second-order valence-corrected chi connectivity index (χ2v) is 8.47. The minimum absolute atomic E-state index is 0.0833. The molecule has 2 aromatic carbocycles. The number of aryl methyl sites for hydroxylation is 1. The number of hydrogen-bond acceptors (Lipinski definition) is 4. The first-order chi connectivity index (χ1) is 16.6. The van der Waals surface area contributed by atoms with Gasteiger partial charge in [0.2, 0.25) is 5.91 Å². The van der Waals surface area contributed by atoms with Crippen LogP contribution in [0, 0.1) is 0 Å². The van der Waals surface area contributed by atoms with Gasteiger partial charge in [0.15, 0.2) is 6.61 Å². The fraction of sp³-hybridized carbons (Fsp3) is 0.440. The van der Waals surface area contributed by atoms with E-state index >= 15 is 0 Å². The zero-order chi connectivity index (χ0) is 25.4. The molecule has 0 bridgehead atoms. The second kappa shape index (κ2) is 11.9. The maximum absolute atomic E-state index is 12.7. The van der Waals surface area contributed by atoms with Crippen LogP contribution in [-0.2, 0) is 11.2 Å². The van der Waals surface area contributed by atoms with Crippen molar-refractivity contribution in [3.63, 3.8) is 0 Å². The number of nitrogens with one attached hydrogen (secondary N) is 2. The maximum Gasteiger partial charge on any atom is 0.422 e. The SMILES string of the molecule is CCc1ccccc1NC(=O)CN1CCN(C(=O)NC(C)c2ccc(OCC(F)(F)F)cc2)CC1. The molecule has 0 saturated carbocycles. The van der Waals surface area contributed by atoms with Crippen molar-refractivity contribution in [3.8, 4) is 5.75 Å². The van der Waals surface area contributed by atoms with E-state index in [9.17, 15) is 22.8 Å². The molecule has 0 spiro atoms. The lowest BCUT2D eigenvalue weighted by molar-refractivity contribution is -0.153. The Hall–Kier alpha value is -3.27. The number of piperazine rings is 1. The number of nitrogens with zero attached hydrogens (tertiary/aromatic N) is 2. The lowest BCUT2D eigenvalue weighted by Gasteiger charge is -2.35. The first-order valence-electron chi connectivity index (χ1n) is 11.6. The highest BCUT2D eigenvalue weighted by atomic mass is 19.4. The average Bonchev–Trinajstić information content (AvgIpc) is 2.83.